The normalized spacial score (nSPS) is 11.9. The molecule has 0 atom stereocenters. The molecule has 1 aromatic carbocycles. The van der Waals surface area contributed by atoms with Crippen molar-refractivity contribution in [3.8, 4) is 11.3 Å². The number of halogens is 3. The molecule has 96 valence electrons. The van der Waals surface area contributed by atoms with Crippen molar-refractivity contribution in [2.45, 2.75) is 6.18 Å². The highest BCUT2D eigenvalue weighted by Gasteiger charge is 2.30. The van der Waals surface area contributed by atoms with Gasteiger partial charge in [-0.1, -0.05) is 12.1 Å². The van der Waals surface area contributed by atoms with Crippen LogP contribution in [0.3, 0.4) is 0 Å². The molecule has 0 aliphatic heterocycles. The van der Waals surface area contributed by atoms with Crippen LogP contribution in [-0.2, 0) is 6.18 Å². The summed E-state index contributed by atoms with van der Waals surface area (Å²) in [6, 6.07) is 8.37. The van der Waals surface area contributed by atoms with Crippen LogP contribution < -0.4 is 0 Å². The second-order valence-electron chi connectivity index (χ2n) is 4.03. The lowest BCUT2D eigenvalue weighted by Gasteiger charge is -2.06. The Labute approximate surface area is 106 Å². The highest BCUT2D eigenvalue weighted by molar-refractivity contribution is 5.64. The summed E-state index contributed by atoms with van der Waals surface area (Å²) in [6.45, 7) is 0. The number of hydrogen-bond acceptors (Lipinski definition) is 2. The molecule has 3 rings (SSSR count). The van der Waals surface area contributed by atoms with Crippen LogP contribution >= 0.6 is 0 Å². The molecule has 3 aromatic rings. The molecular formula is C13H8F3N3. The van der Waals surface area contributed by atoms with E-state index < -0.39 is 11.7 Å². The molecule has 3 nitrogen and oxygen atoms in total. The van der Waals surface area contributed by atoms with Gasteiger partial charge in [0.15, 0.2) is 5.65 Å². The summed E-state index contributed by atoms with van der Waals surface area (Å²) in [5, 5.41) is 4.25. The molecule has 0 saturated heterocycles. The van der Waals surface area contributed by atoms with Crippen molar-refractivity contribution in [3.05, 3.63) is 54.4 Å². The molecule has 0 amide bonds. The van der Waals surface area contributed by atoms with Gasteiger partial charge in [0, 0.05) is 24.0 Å². The molecule has 0 aliphatic carbocycles. The van der Waals surface area contributed by atoms with Gasteiger partial charge in [0.25, 0.3) is 0 Å². The molecule has 0 saturated carbocycles. The average Bonchev–Trinajstić information content (AvgIpc) is 2.81. The van der Waals surface area contributed by atoms with Crippen LogP contribution in [0.5, 0.6) is 0 Å². The van der Waals surface area contributed by atoms with Gasteiger partial charge in [-0.05, 0) is 18.2 Å². The van der Waals surface area contributed by atoms with Crippen LogP contribution in [0, 0.1) is 0 Å². The minimum atomic E-state index is -4.32. The van der Waals surface area contributed by atoms with E-state index >= 15 is 0 Å². The van der Waals surface area contributed by atoms with E-state index in [1.165, 1.54) is 12.1 Å². The van der Waals surface area contributed by atoms with Gasteiger partial charge >= 0.3 is 6.18 Å². The predicted octanol–water partition coefficient (Wildman–Crippen LogP) is 3.42. The van der Waals surface area contributed by atoms with Crippen LogP contribution in [0.25, 0.3) is 16.9 Å². The molecule has 0 unspecified atom stereocenters. The molecular weight excluding hydrogens is 255 g/mol. The van der Waals surface area contributed by atoms with Crippen molar-refractivity contribution in [3.63, 3.8) is 0 Å². The molecule has 0 radical (unpaired) electrons. The fraction of sp³-hybridized carbons (Fsp3) is 0.0769. The van der Waals surface area contributed by atoms with Crippen LogP contribution in [0.4, 0.5) is 13.2 Å². The Morgan fingerprint density at radius 1 is 1.05 bits per heavy atom. The summed E-state index contributed by atoms with van der Waals surface area (Å²) < 4.78 is 39.0. The first-order chi connectivity index (χ1) is 9.04. The zero-order valence-electron chi connectivity index (χ0n) is 9.59. The third kappa shape index (κ3) is 2.16. The highest BCUT2D eigenvalue weighted by Crippen LogP contribution is 2.30. The van der Waals surface area contributed by atoms with E-state index in [0.29, 0.717) is 16.9 Å². The molecule has 2 aromatic heterocycles. The standard InChI is InChI=1S/C13H8F3N3/c14-13(15,16)10-4-2-9(3-5-10)11-8-12-17-6-1-7-19(12)18-11/h1-8H. The number of hydrogen-bond donors (Lipinski definition) is 0. The van der Waals surface area contributed by atoms with Gasteiger partial charge in [0.2, 0.25) is 0 Å². The molecule has 0 fully saturated rings. The largest absolute Gasteiger partial charge is 0.416 e. The average molecular weight is 263 g/mol. The van der Waals surface area contributed by atoms with Crippen molar-refractivity contribution in [2.75, 3.05) is 0 Å². The van der Waals surface area contributed by atoms with E-state index in [0.717, 1.165) is 12.1 Å². The number of benzene rings is 1. The Bertz CT molecular complexity index is 681. The smallest absolute Gasteiger partial charge is 0.237 e. The maximum absolute atomic E-state index is 12.5. The lowest BCUT2D eigenvalue weighted by molar-refractivity contribution is -0.137. The number of rotatable bonds is 1. The third-order valence-corrected chi connectivity index (χ3v) is 2.74. The fourth-order valence-electron chi connectivity index (χ4n) is 1.80. The van der Waals surface area contributed by atoms with Gasteiger partial charge in [-0.2, -0.15) is 18.3 Å². The highest BCUT2D eigenvalue weighted by atomic mass is 19.4. The first kappa shape index (κ1) is 11.7. The molecule has 2 heterocycles. The summed E-state index contributed by atoms with van der Waals surface area (Å²) in [7, 11) is 0. The monoisotopic (exact) mass is 263 g/mol. The van der Waals surface area contributed by atoms with Crippen molar-refractivity contribution >= 4 is 5.65 Å². The SMILES string of the molecule is FC(F)(F)c1ccc(-c2cc3ncccn3n2)cc1. The van der Waals surface area contributed by atoms with Gasteiger partial charge in [-0.3, -0.25) is 0 Å². The second-order valence-corrected chi connectivity index (χ2v) is 4.03. The van der Waals surface area contributed by atoms with Crippen LogP contribution in [-0.4, -0.2) is 14.6 Å². The summed E-state index contributed by atoms with van der Waals surface area (Å²) in [5.41, 5.74) is 1.20. The Hall–Kier alpha value is -2.37. The van der Waals surface area contributed by atoms with Crippen LogP contribution in [0.15, 0.2) is 48.8 Å². The maximum Gasteiger partial charge on any atom is 0.416 e. The zero-order valence-corrected chi connectivity index (χ0v) is 9.59. The van der Waals surface area contributed by atoms with E-state index in [2.05, 4.69) is 10.1 Å². The zero-order chi connectivity index (χ0) is 13.5. The summed E-state index contributed by atoms with van der Waals surface area (Å²) >= 11 is 0. The van der Waals surface area contributed by atoms with Gasteiger partial charge in [0.1, 0.15) is 0 Å². The molecule has 0 aliphatic rings. The number of fused-ring (bicyclic) bond motifs is 1. The Morgan fingerprint density at radius 3 is 2.42 bits per heavy atom. The maximum atomic E-state index is 12.5. The van der Waals surface area contributed by atoms with Crippen LogP contribution in [0.2, 0.25) is 0 Å². The molecule has 0 bridgehead atoms. The van der Waals surface area contributed by atoms with E-state index in [4.69, 9.17) is 0 Å². The number of nitrogens with zero attached hydrogens (tertiary/aromatic N) is 3. The lowest BCUT2D eigenvalue weighted by atomic mass is 10.1. The van der Waals surface area contributed by atoms with Crippen molar-refractivity contribution < 1.29 is 13.2 Å². The first-order valence-corrected chi connectivity index (χ1v) is 5.52. The second kappa shape index (κ2) is 4.08. The van der Waals surface area contributed by atoms with E-state index in [-0.39, 0.29) is 0 Å². The van der Waals surface area contributed by atoms with Gasteiger partial charge in [-0.25, -0.2) is 9.50 Å². The number of aromatic nitrogens is 3. The molecule has 0 spiro atoms. The first-order valence-electron chi connectivity index (χ1n) is 5.52. The quantitative estimate of drug-likeness (QED) is 0.673. The Kier molecular flexibility index (Phi) is 2.51. The Morgan fingerprint density at radius 2 is 1.79 bits per heavy atom. The van der Waals surface area contributed by atoms with Crippen molar-refractivity contribution in [2.24, 2.45) is 0 Å². The van der Waals surface area contributed by atoms with Crippen LogP contribution in [0.1, 0.15) is 5.56 Å². The van der Waals surface area contributed by atoms with Gasteiger partial charge in [-0.15, -0.1) is 0 Å². The molecule has 6 heteroatoms. The van der Waals surface area contributed by atoms with E-state index in [1.807, 2.05) is 0 Å². The van der Waals surface area contributed by atoms with Crippen molar-refractivity contribution in [1.82, 2.24) is 14.6 Å². The topological polar surface area (TPSA) is 30.2 Å². The van der Waals surface area contributed by atoms with E-state index in [9.17, 15) is 13.2 Å². The van der Waals surface area contributed by atoms with Gasteiger partial charge < -0.3 is 0 Å². The third-order valence-electron chi connectivity index (χ3n) is 2.74. The fourth-order valence-corrected chi connectivity index (χ4v) is 1.80. The predicted molar refractivity (Wildman–Crippen MR) is 63.4 cm³/mol. The van der Waals surface area contributed by atoms with Crippen molar-refractivity contribution in [1.29, 1.82) is 0 Å². The van der Waals surface area contributed by atoms with Gasteiger partial charge in [0.05, 0.1) is 11.3 Å². The minimum Gasteiger partial charge on any atom is -0.237 e. The van der Waals surface area contributed by atoms with E-state index in [1.54, 1.807) is 29.0 Å². The molecule has 0 N–H and O–H groups in total. The summed E-state index contributed by atoms with van der Waals surface area (Å²) in [6.07, 6.45) is -0.956. The lowest BCUT2D eigenvalue weighted by Crippen LogP contribution is -2.04. The molecule has 19 heavy (non-hydrogen) atoms. The summed E-state index contributed by atoms with van der Waals surface area (Å²) in [5.74, 6) is 0. The number of alkyl halides is 3. The Balaban J connectivity index is 2.02. The minimum absolute atomic E-state index is 0.590. The summed E-state index contributed by atoms with van der Waals surface area (Å²) in [4.78, 5) is 4.10.